The van der Waals surface area contributed by atoms with Gasteiger partial charge in [0, 0.05) is 11.4 Å². The second-order valence-corrected chi connectivity index (χ2v) is 9.10. The Labute approximate surface area is 209 Å². The number of hydrogen-bond acceptors (Lipinski definition) is 6. The first kappa shape index (κ1) is 24.3. The second kappa shape index (κ2) is 11.1. The van der Waals surface area contributed by atoms with Gasteiger partial charge in [0.05, 0.1) is 12.9 Å². The fraction of sp³-hybridized carbons (Fsp3) is 0.222. The number of nitrogens with zero attached hydrogens (tertiary/aromatic N) is 3. The Bertz CT molecular complexity index is 1270. The molecule has 0 fully saturated rings. The Kier molecular flexibility index (Phi) is 7.72. The number of aromatic nitrogens is 3. The molecule has 8 heteroatoms. The smallest absolute Gasteiger partial charge is 0.234 e. The SMILES string of the molecule is COc1ccc(OC(C)c2nnc(SCC(=O)Nc3cc(C)cc(C)c3)n2-c2ccccc2)cc1. The molecule has 0 aliphatic rings. The van der Waals surface area contributed by atoms with Crippen LogP contribution >= 0.6 is 11.8 Å². The van der Waals surface area contributed by atoms with E-state index < -0.39 is 0 Å². The molecule has 4 aromatic rings. The lowest BCUT2D eigenvalue weighted by molar-refractivity contribution is -0.113. The minimum Gasteiger partial charge on any atom is -0.497 e. The van der Waals surface area contributed by atoms with Gasteiger partial charge in [-0.3, -0.25) is 9.36 Å². The third-order valence-corrected chi connectivity index (χ3v) is 6.18. The van der Waals surface area contributed by atoms with Crippen molar-refractivity contribution in [1.82, 2.24) is 14.8 Å². The van der Waals surface area contributed by atoms with E-state index in [2.05, 4.69) is 21.6 Å². The van der Waals surface area contributed by atoms with E-state index in [-0.39, 0.29) is 17.8 Å². The van der Waals surface area contributed by atoms with E-state index in [4.69, 9.17) is 9.47 Å². The van der Waals surface area contributed by atoms with Crippen molar-refractivity contribution < 1.29 is 14.3 Å². The van der Waals surface area contributed by atoms with Crippen molar-refractivity contribution >= 4 is 23.4 Å². The standard InChI is InChI=1S/C27H28N4O3S/c1-18-14-19(2)16-21(15-18)28-25(32)17-35-27-30-29-26(31(27)22-8-6-5-7-9-22)20(3)34-24-12-10-23(33-4)11-13-24/h5-16,20H,17H2,1-4H3,(H,28,32). The molecule has 1 heterocycles. The fourth-order valence-corrected chi connectivity index (χ4v) is 4.50. The molecule has 7 nitrogen and oxygen atoms in total. The summed E-state index contributed by atoms with van der Waals surface area (Å²) in [7, 11) is 1.63. The van der Waals surface area contributed by atoms with Gasteiger partial charge in [-0.05, 0) is 80.4 Å². The van der Waals surface area contributed by atoms with Crippen molar-refractivity contribution in [3.8, 4) is 17.2 Å². The molecule has 1 N–H and O–H groups in total. The van der Waals surface area contributed by atoms with Crippen LogP contribution in [0.25, 0.3) is 5.69 Å². The molecular formula is C27H28N4O3S. The van der Waals surface area contributed by atoms with Crippen molar-refractivity contribution in [3.05, 3.63) is 89.7 Å². The number of carbonyl (C=O) groups is 1. The summed E-state index contributed by atoms with van der Waals surface area (Å²) < 4.78 is 13.3. The Morgan fingerprint density at radius 3 is 2.29 bits per heavy atom. The third kappa shape index (κ3) is 6.22. The van der Waals surface area contributed by atoms with Gasteiger partial charge in [0.2, 0.25) is 5.91 Å². The predicted octanol–water partition coefficient (Wildman–Crippen LogP) is 5.76. The molecule has 1 amide bonds. The van der Waals surface area contributed by atoms with Gasteiger partial charge >= 0.3 is 0 Å². The zero-order valence-electron chi connectivity index (χ0n) is 20.2. The van der Waals surface area contributed by atoms with Crippen molar-refractivity contribution in [3.63, 3.8) is 0 Å². The highest BCUT2D eigenvalue weighted by Gasteiger charge is 2.21. The van der Waals surface area contributed by atoms with Gasteiger partial charge in [0.1, 0.15) is 11.5 Å². The minimum absolute atomic E-state index is 0.105. The zero-order chi connectivity index (χ0) is 24.8. The van der Waals surface area contributed by atoms with Gasteiger partial charge in [-0.2, -0.15) is 0 Å². The summed E-state index contributed by atoms with van der Waals surface area (Å²) in [5.74, 6) is 2.19. The van der Waals surface area contributed by atoms with Gasteiger partial charge in [-0.25, -0.2) is 0 Å². The number of amides is 1. The molecule has 1 unspecified atom stereocenters. The molecule has 35 heavy (non-hydrogen) atoms. The first-order valence-electron chi connectivity index (χ1n) is 11.3. The molecule has 180 valence electrons. The van der Waals surface area contributed by atoms with Gasteiger partial charge < -0.3 is 14.8 Å². The topological polar surface area (TPSA) is 78.3 Å². The maximum atomic E-state index is 12.7. The van der Waals surface area contributed by atoms with E-state index >= 15 is 0 Å². The molecular weight excluding hydrogens is 460 g/mol. The number of methoxy groups -OCH3 is 1. The monoisotopic (exact) mass is 488 g/mol. The van der Waals surface area contributed by atoms with E-state index in [1.54, 1.807) is 7.11 Å². The number of ether oxygens (including phenoxy) is 2. The first-order chi connectivity index (χ1) is 16.9. The molecule has 0 saturated carbocycles. The molecule has 0 saturated heterocycles. The van der Waals surface area contributed by atoms with E-state index in [9.17, 15) is 4.79 Å². The van der Waals surface area contributed by atoms with Crippen LogP contribution in [0.3, 0.4) is 0 Å². The Morgan fingerprint density at radius 1 is 0.971 bits per heavy atom. The summed E-state index contributed by atoms with van der Waals surface area (Å²) in [6.45, 7) is 5.95. The van der Waals surface area contributed by atoms with Crippen molar-refractivity contribution in [1.29, 1.82) is 0 Å². The fourth-order valence-electron chi connectivity index (χ4n) is 3.74. The maximum Gasteiger partial charge on any atom is 0.234 e. The normalized spacial score (nSPS) is 11.7. The van der Waals surface area contributed by atoms with Gasteiger partial charge in [-0.1, -0.05) is 36.0 Å². The van der Waals surface area contributed by atoms with Crippen LogP contribution in [0.4, 0.5) is 5.69 Å². The van der Waals surface area contributed by atoms with E-state index in [0.717, 1.165) is 28.3 Å². The number of benzene rings is 3. The van der Waals surface area contributed by atoms with Crippen LogP contribution < -0.4 is 14.8 Å². The molecule has 0 radical (unpaired) electrons. The van der Waals surface area contributed by atoms with Gasteiger partial charge in [0.25, 0.3) is 0 Å². The average molecular weight is 489 g/mol. The molecule has 1 atom stereocenters. The van der Waals surface area contributed by atoms with Crippen LogP contribution in [0.5, 0.6) is 11.5 Å². The number of carbonyl (C=O) groups excluding carboxylic acids is 1. The summed E-state index contributed by atoms with van der Waals surface area (Å²) >= 11 is 1.33. The summed E-state index contributed by atoms with van der Waals surface area (Å²) in [5.41, 5.74) is 3.90. The zero-order valence-corrected chi connectivity index (χ0v) is 21.0. The number of hydrogen-bond donors (Lipinski definition) is 1. The highest BCUT2D eigenvalue weighted by atomic mass is 32.2. The number of para-hydroxylation sites is 1. The number of rotatable bonds is 9. The van der Waals surface area contributed by atoms with Gasteiger partial charge in [-0.15, -0.1) is 10.2 Å². The molecule has 0 aliphatic carbocycles. The highest BCUT2D eigenvalue weighted by molar-refractivity contribution is 7.99. The lowest BCUT2D eigenvalue weighted by Gasteiger charge is -2.17. The number of aryl methyl sites for hydroxylation is 2. The summed E-state index contributed by atoms with van der Waals surface area (Å²) in [4.78, 5) is 12.7. The molecule has 0 spiro atoms. The molecule has 3 aromatic carbocycles. The van der Waals surface area contributed by atoms with Crippen LogP contribution in [0, 0.1) is 13.8 Å². The lowest BCUT2D eigenvalue weighted by Crippen LogP contribution is -2.15. The van der Waals surface area contributed by atoms with Crippen molar-refractivity contribution in [2.45, 2.75) is 32.0 Å². The van der Waals surface area contributed by atoms with Crippen molar-refractivity contribution in [2.75, 3.05) is 18.2 Å². The summed E-state index contributed by atoms with van der Waals surface area (Å²) in [6.07, 6.45) is -0.380. The van der Waals surface area contributed by atoms with Crippen LogP contribution in [-0.2, 0) is 4.79 Å². The van der Waals surface area contributed by atoms with Crippen LogP contribution in [0.2, 0.25) is 0 Å². The molecule has 0 aliphatic heterocycles. The second-order valence-electron chi connectivity index (χ2n) is 8.16. The molecule has 1 aromatic heterocycles. The number of anilines is 1. The van der Waals surface area contributed by atoms with Crippen LogP contribution in [-0.4, -0.2) is 33.5 Å². The average Bonchev–Trinajstić information content (AvgIpc) is 3.27. The van der Waals surface area contributed by atoms with E-state index in [1.165, 1.54) is 11.8 Å². The predicted molar refractivity (Wildman–Crippen MR) is 139 cm³/mol. The van der Waals surface area contributed by atoms with E-state index in [1.807, 2.05) is 92.1 Å². The first-order valence-corrected chi connectivity index (χ1v) is 12.2. The quantitative estimate of drug-likeness (QED) is 0.302. The third-order valence-electron chi connectivity index (χ3n) is 5.25. The van der Waals surface area contributed by atoms with Crippen LogP contribution in [0.15, 0.2) is 78.0 Å². The molecule has 0 bridgehead atoms. The van der Waals surface area contributed by atoms with Crippen molar-refractivity contribution in [2.24, 2.45) is 0 Å². The Hall–Kier alpha value is -3.78. The van der Waals surface area contributed by atoms with E-state index in [0.29, 0.717) is 16.7 Å². The number of nitrogens with one attached hydrogen (secondary N) is 1. The maximum absolute atomic E-state index is 12.7. The van der Waals surface area contributed by atoms with Crippen LogP contribution in [0.1, 0.15) is 30.0 Å². The Morgan fingerprint density at radius 2 is 1.63 bits per heavy atom. The minimum atomic E-state index is -0.380. The van der Waals surface area contributed by atoms with Gasteiger partial charge in [0.15, 0.2) is 17.1 Å². The largest absolute Gasteiger partial charge is 0.497 e. The summed E-state index contributed by atoms with van der Waals surface area (Å²) in [5, 5.41) is 12.4. The number of thioether (sulfide) groups is 1. The Balaban J connectivity index is 1.52. The lowest BCUT2D eigenvalue weighted by atomic mass is 10.1. The molecule has 4 rings (SSSR count). The summed E-state index contributed by atoms with van der Waals surface area (Å²) in [6, 6.07) is 23.2. The highest BCUT2D eigenvalue weighted by Crippen LogP contribution is 2.28.